The van der Waals surface area contributed by atoms with Crippen LogP contribution in [0.15, 0.2) is 18.2 Å². The van der Waals surface area contributed by atoms with E-state index in [0.29, 0.717) is 0 Å². The lowest BCUT2D eigenvalue weighted by Gasteiger charge is -2.31. The van der Waals surface area contributed by atoms with Crippen molar-refractivity contribution in [1.82, 2.24) is 0 Å². The van der Waals surface area contributed by atoms with Gasteiger partial charge in [-0.25, -0.2) is 0 Å². The molecule has 1 aromatic rings. The normalized spacial score (nSPS) is 16.9. The topological polar surface area (TPSA) is 82.1 Å². The molecule has 0 amide bonds. The summed E-state index contributed by atoms with van der Waals surface area (Å²) in [5.41, 5.74) is -6.94. The van der Waals surface area contributed by atoms with Crippen LogP contribution in [0.1, 0.15) is 19.4 Å². The Labute approximate surface area is 130 Å². The Bertz CT molecular complexity index is 765. The third-order valence-electron chi connectivity index (χ3n) is 2.91. The van der Waals surface area contributed by atoms with Crippen molar-refractivity contribution in [3.05, 3.63) is 23.8 Å². The van der Waals surface area contributed by atoms with E-state index in [9.17, 15) is 26.7 Å². The minimum atomic E-state index is -5.86. The number of phenolic OH excluding ortho intramolecular Hbond substituents is 1. The number of ether oxygens (including phenoxy) is 2. The Morgan fingerprint density at radius 2 is 1.87 bits per heavy atom. The van der Waals surface area contributed by atoms with Crippen molar-refractivity contribution in [2.75, 3.05) is 7.11 Å². The zero-order valence-electron chi connectivity index (χ0n) is 12.3. The summed E-state index contributed by atoms with van der Waals surface area (Å²) in [6.07, 6.45) is 1.07. The number of phenols is 1. The quantitative estimate of drug-likeness (QED) is 0.664. The van der Waals surface area contributed by atoms with Gasteiger partial charge in [0.1, 0.15) is 5.60 Å². The predicted octanol–water partition coefficient (Wildman–Crippen LogP) is 2.78. The standard InChI is InChI=1S/C13H13F3O6S/c1-12(2)6-9(22-23(18,19)13(14,15)16)7-4-5-8(20-3)10(17)11(7)21-12/h4-6,17H,1-3H3. The summed E-state index contributed by atoms with van der Waals surface area (Å²) in [6.45, 7) is 2.91. The molecule has 0 fully saturated rings. The van der Waals surface area contributed by atoms with Gasteiger partial charge in [0, 0.05) is 6.08 Å². The van der Waals surface area contributed by atoms with Crippen molar-refractivity contribution in [3.63, 3.8) is 0 Å². The van der Waals surface area contributed by atoms with Gasteiger partial charge in [-0.05, 0) is 26.0 Å². The maximum absolute atomic E-state index is 12.5. The molecular formula is C13H13F3O6S. The number of methoxy groups -OCH3 is 1. The van der Waals surface area contributed by atoms with Gasteiger partial charge in [0.2, 0.25) is 5.75 Å². The molecule has 1 aliphatic heterocycles. The molecule has 0 bridgehead atoms. The smallest absolute Gasteiger partial charge is 0.502 e. The maximum Gasteiger partial charge on any atom is 0.534 e. The van der Waals surface area contributed by atoms with Crippen LogP contribution in [0.25, 0.3) is 5.76 Å². The highest BCUT2D eigenvalue weighted by Gasteiger charge is 2.49. The highest BCUT2D eigenvalue weighted by molar-refractivity contribution is 7.87. The summed E-state index contributed by atoms with van der Waals surface area (Å²) in [7, 11) is -4.58. The van der Waals surface area contributed by atoms with E-state index in [1.807, 2.05) is 0 Å². The predicted molar refractivity (Wildman–Crippen MR) is 73.4 cm³/mol. The van der Waals surface area contributed by atoms with Crippen LogP contribution in [0.4, 0.5) is 13.2 Å². The summed E-state index contributed by atoms with van der Waals surface area (Å²) in [5.74, 6) is -1.29. The number of hydrogen-bond acceptors (Lipinski definition) is 6. The number of benzene rings is 1. The lowest BCUT2D eigenvalue weighted by molar-refractivity contribution is -0.0510. The highest BCUT2D eigenvalue weighted by atomic mass is 32.2. The van der Waals surface area contributed by atoms with Crippen LogP contribution in [0.3, 0.4) is 0 Å². The highest BCUT2D eigenvalue weighted by Crippen LogP contribution is 2.47. The summed E-state index contributed by atoms with van der Waals surface area (Å²) >= 11 is 0. The first-order chi connectivity index (χ1) is 10.4. The van der Waals surface area contributed by atoms with E-state index in [1.165, 1.54) is 33.1 Å². The average Bonchev–Trinajstić information content (AvgIpc) is 2.37. The third kappa shape index (κ3) is 3.16. The molecule has 0 atom stereocenters. The van der Waals surface area contributed by atoms with E-state index >= 15 is 0 Å². The molecule has 0 saturated heterocycles. The molecule has 0 unspecified atom stereocenters. The second-order valence-electron chi connectivity index (χ2n) is 5.19. The molecule has 1 aromatic carbocycles. The summed E-state index contributed by atoms with van der Waals surface area (Å²) in [6, 6.07) is 2.47. The van der Waals surface area contributed by atoms with Crippen LogP contribution in [0, 0.1) is 0 Å². The first-order valence-electron chi connectivity index (χ1n) is 6.21. The van der Waals surface area contributed by atoms with E-state index in [-0.39, 0.29) is 17.1 Å². The van der Waals surface area contributed by atoms with Gasteiger partial charge in [0.15, 0.2) is 17.3 Å². The number of fused-ring (bicyclic) bond motifs is 1. The van der Waals surface area contributed by atoms with Crippen LogP contribution in [0.2, 0.25) is 0 Å². The first kappa shape index (κ1) is 17.3. The zero-order valence-corrected chi connectivity index (χ0v) is 13.1. The van der Waals surface area contributed by atoms with Crippen LogP contribution in [-0.2, 0) is 14.3 Å². The average molecular weight is 354 g/mol. The first-order valence-corrected chi connectivity index (χ1v) is 7.62. The fourth-order valence-corrected chi connectivity index (χ4v) is 2.40. The largest absolute Gasteiger partial charge is 0.534 e. The van der Waals surface area contributed by atoms with E-state index in [0.717, 1.165) is 6.08 Å². The summed E-state index contributed by atoms with van der Waals surface area (Å²) in [4.78, 5) is 0. The Kier molecular flexibility index (Phi) is 3.92. The minimum absolute atomic E-state index is 0.0134. The molecule has 6 nitrogen and oxygen atoms in total. The molecule has 0 aromatic heterocycles. The number of rotatable bonds is 3. The number of alkyl halides is 3. The Morgan fingerprint density at radius 3 is 2.39 bits per heavy atom. The Hall–Kier alpha value is -2.10. The second kappa shape index (κ2) is 5.22. The van der Waals surface area contributed by atoms with Gasteiger partial charge in [-0.3, -0.25) is 0 Å². The molecule has 23 heavy (non-hydrogen) atoms. The van der Waals surface area contributed by atoms with E-state index in [2.05, 4.69) is 4.18 Å². The molecule has 0 saturated carbocycles. The van der Waals surface area contributed by atoms with Gasteiger partial charge >= 0.3 is 15.6 Å². The van der Waals surface area contributed by atoms with Crippen LogP contribution in [-0.4, -0.2) is 31.7 Å². The molecule has 0 spiro atoms. The fraction of sp³-hybridized carbons (Fsp3) is 0.385. The van der Waals surface area contributed by atoms with Crippen molar-refractivity contribution < 1.29 is 40.4 Å². The molecule has 1 aliphatic rings. The molecule has 2 rings (SSSR count). The minimum Gasteiger partial charge on any atom is -0.502 e. The van der Waals surface area contributed by atoms with Gasteiger partial charge < -0.3 is 18.8 Å². The number of halogens is 3. The van der Waals surface area contributed by atoms with Crippen molar-refractivity contribution in [1.29, 1.82) is 0 Å². The Balaban J connectivity index is 2.58. The lowest BCUT2D eigenvalue weighted by Crippen LogP contribution is -2.31. The van der Waals surface area contributed by atoms with Gasteiger partial charge in [-0.2, -0.15) is 21.6 Å². The summed E-state index contributed by atoms with van der Waals surface area (Å²) < 4.78 is 74.6. The molecule has 1 heterocycles. The van der Waals surface area contributed by atoms with Crippen LogP contribution in [0.5, 0.6) is 17.2 Å². The number of hydrogen-bond donors (Lipinski definition) is 1. The lowest BCUT2D eigenvalue weighted by atomic mass is 10.00. The van der Waals surface area contributed by atoms with Gasteiger partial charge in [-0.15, -0.1) is 0 Å². The molecule has 0 radical (unpaired) electrons. The van der Waals surface area contributed by atoms with Crippen molar-refractivity contribution >= 4 is 15.9 Å². The maximum atomic E-state index is 12.5. The molecular weight excluding hydrogens is 341 g/mol. The molecule has 10 heteroatoms. The zero-order chi connectivity index (χ0) is 17.6. The van der Waals surface area contributed by atoms with Gasteiger partial charge in [0.25, 0.3) is 0 Å². The van der Waals surface area contributed by atoms with Crippen molar-refractivity contribution in [2.24, 2.45) is 0 Å². The van der Waals surface area contributed by atoms with Crippen LogP contribution < -0.4 is 9.47 Å². The van der Waals surface area contributed by atoms with Gasteiger partial charge in [-0.1, -0.05) is 0 Å². The van der Waals surface area contributed by atoms with E-state index < -0.39 is 32.7 Å². The van der Waals surface area contributed by atoms with Crippen molar-refractivity contribution in [3.8, 4) is 17.2 Å². The fourth-order valence-electron chi connectivity index (χ4n) is 1.94. The molecule has 128 valence electrons. The monoisotopic (exact) mass is 354 g/mol. The van der Waals surface area contributed by atoms with Crippen LogP contribution >= 0.6 is 0 Å². The molecule has 0 aliphatic carbocycles. The summed E-state index contributed by atoms with van der Waals surface area (Å²) in [5, 5.41) is 10.0. The van der Waals surface area contributed by atoms with Gasteiger partial charge in [0.05, 0.1) is 12.7 Å². The number of aromatic hydroxyl groups is 1. The third-order valence-corrected chi connectivity index (χ3v) is 3.87. The van der Waals surface area contributed by atoms with E-state index in [4.69, 9.17) is 9.47 Å². The van der Waals surface area contributed by atoms with Crippen molar-refractivity contribution in [2.45, 2.75) is 25.0 Å². The second-order valence-corrected chi connectivity index (χ2v) is 6.73. The molecule has 1 N–H and O–H groups in total. The van der Waals surface area contributed by atoms with E-state index in [1.54, 1.807) is 0 Å². The SMILES string of the molecule is COc1ccc2c(c1O)OC(C)(C)C=C2OS(=O)(=O)C(F)(F)F. The Morgan fingerprint density at radius 1 is 1.26 bits per heavy atom.